The molecule has 1 fully saturated rings. The molecular formula is C8H21N. The summed E-state index contributed by atoms with van der Waals surface area (Å²) in [6.45, 7) is 9.90. The van der Waals surface area contributed by atoms with Gasteiger partial charge in [0.25, 0.3) is 0 Å². The molecule has 0 amide bonds. The van der Waals surface area contributed by atoms with Crippen molar-refractivity contribution in [1.29, 1.82) is 0 Å². The molecule has 0 saturated carbocycles. The molecule has 1 N–H and O–H groups in total. The fraction of sp³-hybridized carbons (Fsp3) is 1.00. The third-order valence-corrected chi connectivity index (χ3v) is 0.612. The van der Waals surface area contributed by atoms with Crippen molar-refractivity contribution in [3.05, 3.63) is 0 Å². The Balaban J connectivity index is 0. The smallest absolute Gasteiger partial charge is 0.0164 e. The van der Waals surface area contributed by atoms with Crippen LogP contribution in [0.3, 0.4) is 0 Å². The molecule has 0 aromatic carbocycles. The van der Waals surface area contributed by atoms with Crippen LogP contribution in [0.15, 0.2) is 0 Å². The first-order valence-electron chi connectivity index (χ1n) is 3.36. The van der Waals surface area contributed by atoms with Gasteiger partial charge in [0, 0.05) is 12.6 Å². The Hall–Kier alpha value is -0.0400. The minimum absolute atomic E-state index is 0. The molecule has 1 heteroatoms. The highest BCUT2D eigenvalue weighted by Crippen LogP contribution is 1.88. The van der Waals surface area contributed by atoms with E-state index in [1.165, 1.54) is 6.54 Å². The van der Waals surface area contributed by atoms with Crippen molar-refractivity contribution in [1.82, 2.24) is 5.32 Å². The van der Waals surface area contributed by atoms with Gasteiger partial charge in [0.05, 0.1) is 0 Å². The van der Waals surface area contributed by atoms with E-state index in [1.54, 1.807) is 0 Å². The Bertz CT molecular complexity index is 43.8. The second kappa shape index (κ2) is 6.09. The average molecular weight is 131 g/mol. The van der Waals surface area contributed by atoms with Crippen molar-refractivity contribution < 1.29 is 0 Å². The maximum atomic E-state index is 3.10. The summed E-state index contributed by atoms with van der Waals surface area (Å²) in [5.74, 6) is 0.833. The van der Waals surface area contributed by atoms with E-state index in [1.807, 2.05) is 0 Å². The second-order valence-electron chi connectivity index (χ2n) is 3.04. The number of hydrogen-bond acceptors (Lipinski definition) is 1. The monoisotopic (exact) mass is 131 g/mol. The van der Waals surface area contributed by atoms with Gasteiger partial charge in [0.15, 0.2) is 0 Å². The molecular weight excluding hydrogens is 110 g/mol. The van der Waals surface area contributed by atoms with E-state index in [2.05, 4.69) is 33.0 Å². The van der Waals surface area contributed by atoms with E-state index < -0.39 is 0 Å². The first-order valence-corrected chi connectivity index (χ1v) is 3.36. The third kappa shape index (κ3) is 32.3. The van der Waals surface area contributed by atoms with Crippen LogP contribution in [0.25, 0.3) is 0 Å². The third-order valence-electron chi connectivity index (χ3n) is 0.612. The fourth-order valence-corrected chi connectivity index (χ4v) is 0.118. The van der Waals surface area contributed by atoms with E-state index in [9.17, 15) is 0 Å². The van der Waals surface area contributed by atoms with Crippen molar-refractivity contribution in [2.45, 2.75) is 41.2 Å². The van der Waals surface area contributed by atoms with E-state index in [0.717, 1.165) is 12.0 Å². The lowest BCUT2D eigenvalue weighted by Crippen LogP contribution is -1.72. The molecule has 0 aromatic rings. The van der Waals surface area contributed by atoms with E-state index >= 15 is 0 Å². The summed E-state index contributed by atoms with van der Waals surface area (Å²) in [4.78, 5) is 0. The molecule has 9 heavy (non-hydrogen) atoms. The van der Waals surface area contributed by atoms with E-state index in [0.29, 0.717) is 0 Å². The molecule has 1 rings (SSSR count). The fourth-order valence-electron chi connectivity index (χ4n) is 0.118. The van der Waals surface area contributed by atoms with E-state index in [4.69, 9.17) is 0 Å². The predicted octanol–water partition coefficient (Wildman–Crippen LogP) is 2.28. The summed E-state index contributed by atoms with van der Waals surface area (Å²) >= 11 is 0. The normalized spacial score (nSPS) is 21.7. The molecule has 1 unspecified atom stereocenters. The molecule has 0 aliphatic carbocycles. The lowest BCUT2D eigenvalue weighted by Gasteiger charge is -1.79. The standard InChI is InChI=1S/C4H10.C3H7N.CH4/c1-4(2)3;1-3-2-4-3;/h4H,1-3H3;3-4H,2H2,1H3;1H4. The summed E-state index contributed by atoms with van der Waals surface area (Å²) in [5, 5.41) is 3.10. The molecule has 0 aromatic heterocycles. The van der Waals surface area contributed by atoms with Crippen LogP contribution < -0.4 is 5.32 Å². The van der Waals surface area contributed by atoms with Crippen molar-refractivity contribution >= 4 is 0 Å². The molecule has 0 radical (unpaired) electrons. The Kier molecular flexibility index (Phi) is 7.92. The van der Waals surface area contributed by atoms with Gasteiger partial charge in [0.2, 0.25) is 0 Å². The Morgan fingerprint density at radius 3 is 1.44 bits per heavy atom. The van der Waals surface area contributed by atoms with Crippen molar-refractivity contribution in [2.75, 3.05) is 6.54 Å². The van der Waals surface area contributed by atoms with Gasteiger partial charge in [-0.25, -0.2) is 0 Å². The summed E-state index contributed by atoms with van der Waals surface area (Å²) in [7, 11) is 0. The topological polar surface area (TPSA) is 21.9 Å². The van der Waals surface area contributed by atoms with Gasteiger partial charge in [0.1, 0.15) is 0 Å². The zero-order valence-electron chi connectivity index (χ0n) is 6.36. The van der Waals surface area contributed by atoms with Crippen LogP contribution in [-0.4, -0.2) is 12.6 Å². The van der Waals surface area contributed by atoms with E-state index in [-0.39, 0.29) is 7.43 Å². The van der Waals surface area contributed by atoms with Crippen LogP contribution in [0.2, 0.25) is 0 Å². The minimum atomic E-state index is 0. The van der Waals surface area contributed by atoms with Crippen LogP contribution >= 0.6 is 0 Å². The summed E-state index contributed by atoms with van der Waals surface area (Å²) in [6.07, 6.45) is 0. The van der Waals surface area contributed by atoms with Gasteiger partial charge >= 0.3 is 0 Å². The number of nitrogens with one attached hydrogen (secondary N) is 1. The highest BCUT2D eigenvalue weighted by Gasteiger charge is 2.10. The molecule has 1 aliphatic rings. The molecule has 1 atom stereocenters. The minimum Gasteiger partial charge on any atom is -0.311 e. The molecule has 1 nitrogen and oxygen atoms in total. The lowest BCUT2D eigenvalue weighted by atomic mass is 10.3. The second-order valence-corrected chi connectivity index (χ2v) is 3.04. The number of hydrogen-bond donors (Lipinski definition) is 1. The maximum absolute atomic E-state index is 3.10. The molecule has 0 bridgehead atoms. The summed E-state index contributed by atoms with van der Waals surface area (Å²) < 4.78 is 0. The SMILES string of the molecule is C.CC(C)C.CC1CN1. The molecule has 1 aliphatic heterocycles. The first-order chi connectivity index (χ1) is 3.63. The zero-order valence-corrected chi connectivity index (χ0v) is 6.36. The van der Waals surface area contributed by atoms with Crippen LogP contribution in [-0.2, 0) is 0 Å². The zero-order chi connectivity index (χ0) is 6.57. The van der Waals surface area contributed by atoms with Gasteiger partial charge in [-0.1, -0.05) is 28.2 Å². The predicted molar refractivity (Wildman–Crippen MR) is 44.7 cm³/mol. The van der Waals surface area contributed by atoms with Crippen molar-refractivity contribution in [2.24, 2.45) is 5.92 Å². The quantitative estimate of drug-likeness (QED) is 0.500. The van der Waals surface area contributed by atoms with Crippen LogP contribution in [0.5, 0.6) is 0 Å². The van der Waals surface area contributed by atoms with Crippen LogP contribution in [0.1, 0.15) is 35.1 Å². The van der Waals surface area contributed by atoms with Gasteiger partial charge in [-0.2, -0.15) is 0 Å². The molecule has 0 spiro atoms. The summed E-state index contributed by atoms with van der Waals surface area (Å²) in [5.41, 5.74) is 0. The van der Waals surface area contributed by atoms with Crippen LogP contribution in [0.4, 0.5) is 0 Å². The van der Waals surface area contributed by atoms with Crippen LogP contribution in [0, 0.1) is 5.92 Å². The van der Waals surface area contributed by atoms with Gasteiger partial charge in [-0.15, -0.1) is 0 Å². The molecule has 58 valence electrons. The molecule has 1 heterocycles. The van der Waals surface area contributed by atoms with Gasteiger partial charge in [-0.05, 0) is 12.8 Å². The number of rotatable bonds is 0. The Morgan fingerprint density at radius 1 is 1.33 bits per heavy atom. The Morgan fingerprint density at radius 2 is 1.44 bits per heavy atom. The average Bonchev–Trinajstić information content (AvgIpc) is 2.19. The molecule has 1 saturated heterocycles. The van der Waals surface area contributed by atoms with Gasteiger partial charge < -0.3 is 5.32 Å². The first kappa shape index (κ1) is 11.7. The van der Waals surface area contributed by atoms with Crippen molar-refractivity contribution in [3.8, 4) is 0 Å². The highest BCUT2D eigenvalue weighted by molar-refractivity contribution is 4.76. The lowest BCUT2D eigenvalue weighted by molar-refractivity contribution is 0.737. The van der Waals surface area contributed by atoms with Crippen molar-refractivity contribution in [3.63, 3.8) is 0 Å². The summed E-state index contributed by atoms with van der Waals surface area (Å²) in [6, 6.07) is 0.833. The maximum Gasteiger partial charge on any atom is 0.0164 e. The highest BCUT2D eigenvalue weighted by atomic mass is 15.1. The largest absolute Gasteiger partial charge is 0.311 e. The Labute approximate surface area is 59.8 Å². The van der Waals surface area contributed by atoms with Gasteiger partial charge in [-0.3, -0.25) is 0 Å².